The highest BCUT2D eigenvalue weighted by atomic mass is 16.2. The minimum atomic E-state index is -0.0852. The predicted molar refractivity (Wildman–Crippen MR) is 96.6 cm³/mol. The van der Waals surface area contributed by atoms with Crippen molar-refractivity contribution in [3.63, 3.8) is 0 Å². The van der Waals surface area contributed by atoms with Gasteiger partial charge in [0.25, 0.3) is 0 Å². The third-order valence-electron chi connectivity index (χ3n) is 6.28. The fourth-order valence-electron chi connectivity index (χ4n) is 4.54. The molecule has 0 unspecified atom stereocenters. The van der Waals surface area contributed by atoms with E-state index in [0.717, 1.165) is 63.5 Å². The van der Waals surface area contributed by atoms with Gasteiger partial charge in [-0.3, -0.25) is 9.69 Å². The summed E-state index contributed by atoms with van der Waals surface area (Å²) in [6.07, 6.45) is 6.85. The van der Waals surface area contributed by atoms with Gasteiger partial charge in [-0.2, -0.15) is 5.26 Å². The number of hydrogen-bond donors (Lipinski definition) is 0. The van der Waals surface area contributed by atoms with Crippen LogP contribution in [0.15, 0.2) is 24.3 Å². The molecule has 4 nitrogen and oxygen atoms in total. The molecule has 4 rings (SSSR count). The third kappa shape index (κ3) is 3.57. The molecule has 1 spiro atoms. The van der Waals surface area contributed by atoms with Gasteiger partial charge < -0.3 is 4.90 Å². The van der Waals surface area contributed by atoms with Crippen molar-refractivity contribution in [3.8, 4) is 6.07 Å². The minimum absolute atomic E-state index is 0.0852. The molecule has 2 saturated heterocycles. The van der Waals surface area contributed by atoms with Crippen LogP contribution in [0.2, 0.25) is 0 Å². The van der Waals surface area contributed by atoms with Crippen molar-refractivity contribution in [2.45, 2.75) is 45.1 Å². The topological polar surface area (TPSA) is 47.3 Å². The molecule has 2 heterocycles. The fraction of sp³-hybridized carbons (Fsp3) is 0.619. The summed E-state index contributed by atoms with van der Waals surface area (Å²) in [5.41, 5.74) is 1.84. The molecule has 3 fully saturated rings. The third-order valence-corrected chi connectivity index (χ3v) is 6.28. The zero-order valence-corrected chi connectivity index (χ0v) is 14.9. The SMILES string of the molecule is N#Cc1cccc(CN2CCC3(CCCN(CC4CC4)C3=O)CC2)c1. The van der Waals surface area contributed by atoms with E-state index >= 15 is 0 Å². The number of nitriles is 1. The van der Waals surface area contributed by atoms with Gasteiger partial charge >= 0.3 is 0 Å². The normalized spacial score (nSPS) is 23.6. The van der Waals surface area contributed by atoms with Gasteiger partial charge in [-0.25, -0.2) is 0 Å². The number of carbonyl (C=O) groups excluding carboxylic acids is 1. The number of benzene rings is 1. The number of nitrogens with zero attached hydrogens (tertiary/aromatic N) is 3. The molecule has 0 atom stereocenters. The first kappa shape index (κ1) is 16.6. The molecule has 3 aliphatic rings. The van der Waals surface area contributed by atoms with Gasteiger partial charge in [-0.05, 0) is 75.2 Å². The molecule has 4 heteroatoms. The summed E-state index contributed by atoms with van der Waals surface area (Å²) >= 11 is 0. The van der Waals surface area contributed by atoms with E-state index in [0.29, 0.717) is 5.91 Å². The average molecular weight is 337 g/mol. The Morgan fingerprint density at radius 3 is 2.68 bits per heavy atom. The lowest BCUT2D eigenvalue weighted by molar-refractivity contribution is -0.150. The summed E-state index contributed by atoms with van der Waals surface area (Å²) < 4.78 is 0. The lowest BCUT2D eigenvalue weighted by atomic mass is 9.71. The van der Waals surface area contributed by atoms with Crippen LogP contribution in [0.25, 0.3) is 0 Å². The summed E-state index contributed by atoms with van der Waals surface area (Å²) in [4.78, 5) is 17.7. The van der Waals surface area contributed by atoms with E-state index in [2.05, 4.69) is 21.9 Å². The highest BCUT2D eigenvalue weighted by Crippen LogP contribution is 2.42. The largest absolute Gasteiger partial charge is 0.342 e. The van der Waals surface area contributed by atoms with Crippen molar-refractivity contribution in [2.24, 2.45) is 11.3 Å². The molecule has 0 radical (unpaired) electrons. The lowest BCUT2D eigenvalue weighted by Crippen LogP contribution is -2.53. The van der Waals surface area contributed by atoms with Crippen molar-refractivity contribution < 1.29 is 4.79 Å². The predicted octanol–water partition coefficient (Wildman–Crippen LogP) is 3.17. The standard InChI is InChI=1S/C21H27N3O/c22-14-18-3-1-4-19(13-18)15-23-11-8-21(9-12-23)7-2-10-24(20(21)25)16-17-5-6-17/h1,3-4,13,17H,2,5-12,15-16H2. The first-order valence-corrected chi connectivity index (χ1v) is 9.69. The zero-order chi connectivity index (χ0) is 17.3. The molecule has 1 aliphatic carbocycles. The molecular weight excluding hydrogens is 310 g/mol. The molecule has 1 aromatic rings. The fourth-order valence-corrected chi connectivity index (χ4v) is 4.54. The van der Waals surface area contributed by atoms with Gasteiger partial charge in [-0.15, -0.1) is 0 Å². The number of carbonyl (C=O) groups is 1. The molecule has 1 amide bonds. The van der Waals surface area contributed by atoms with E-state index in [9.17, 15) is 4.79 Å². The molecule has 0 aromatic heterocycles. The van der Waals surface area contributed by atoms with Gasteiger partial charge in [-0.1, -0.05) is 12.1 Å². The Balaban J connectivity index is 1.36. The Morgan fingerprint density at radius 2 is 1.96 bits per heavy atom. The summed E-state index contributed by atoms with van der Waals surface area (Å²) in [6.45, 7) is 4.83. The quantitative estimate of drug-likeness (QED) is 0.848. The zero-order valence-electron chi connectivity index (χ0n) is 14.9. The van der Waals surface area contributed by atoms with E-state index in [1.165, 1.54) is 24.8 Å². The van der Waals surface area contributed by atoms with Crippen LogP contribution < -0.4 is 0 Å². The molecule has 2 aliphatic heterocycles. The van der Waals surface area contributed by atoms with E-state index in [-0.39, 0.29) is 5.41 Å². The van der Waals surface area contributed by atoms with Crippen molar-refractivity contribution in [2.75, 3.05) is 26.2 Å². The van der Waals surface area contributed by atoms with Crippen LogP contribution in [0.4, 0.5) is 0 Å². The van der Waals surface area contributed by atoms with Crippen molar-refractivity contribution >= 4 is 5.91 Å². The Kier molecular flexibility index (Phi) is 4.52. The Morgan fingerprint density at radius 1 is 1.16 bits per heavy atom. The van der Waals surface area contributed by atoms with Crippen molar-refractivity contribution in [3.05, 3.63) is 35.4 Å². The van der Waals surface area contributed by atoms with E-state index in [4.69, 9.17) is 5.26 Å². The maximum Gasteiger partial charge on any atom is 0.228 e. The van der Waals surface area contributed by atoms with Crippen LogP contribution in [-0.2, 0) is 11.3 Å². The number of rotatable bonds is 4. The average Bonchev–Trinajstić information content (AvgIpc) is 3.45. The maximum atomic E-state index is 13.1. The second-order valence-electron chi connectivity index (χ2n) is 8.17. The second-order valence-corrected chi connectivity index (χ2v) is 8.17. The Labute approximate surface area is 150 Å². The summed E-state index contributed by atoms with van der Waals surface area (Å²) in [5.74, 6) is 1.23. The first-order chi connectivity index (χ1) is 12.2. The molecule has 1 saturated carbocycles. The summed E-state index contributed by atoms with van der Waals surface area (Å²) in [7, 11) is 0. The molecular formula is C21H27N3O. The van der Waals surface area contributed by atoms with Crippen LogP contribution in [-0.4, -0.2) is 41.9 Å². The highest BCUT2D eigenvalue weighted by Gasteiger charge is 2.46. The highest BCUT2D eigenvalue weighted by molar-refractivity contribution is 5.83. The van der Waals surface area contributed by atoms with E-state index in [1.807, 2.05) is 18.2 Å². The number of likely N-dealkylation sites (tertiary alicyclic amines) is 2. The smallest absolute Gasteiger partial charge is 0.228 e. The molecule has 25 heavy (non-hydrogen) atoms. The van der Waals surface area contributed by atoms with Gasteiger partial charge in [0.15, 0.2) is 0 Å². The van der Waals surface area contributed by atoms with Gasteiger partial charge in [0.05, 0.1) is 17.0 Å². The van der Waals surface area contributed by atoms with Crippen LogP contribution in [0, 0.1) is 22.7 Å². The van der Waals surface area contributed by atoms with Gasteiger partial charge in [0, 0.05) is 19.6 Å². The van der Waals surface area contributed by atoms with Crippen molar-refractivity contribution in [1.82, 2.24) is 9.80 Å². The summed E-state index contributed by atoms with van der Waals surface area (Å²) in [5, 5.41) is 9.05. The van der Waals surface area contributed by atoms with Gasteiger partial charge in [0.1, 0.15) is 0 Å². The number of amides is 1. The first-order valence-electron chi connectivity index (χ1n) is 9.69. The van der Waals surface area contributed by atoms with Crippen LogP contribution in [0.1, 0.15) is 49.7 Å². The number of hydrogen-bond acceptors (Lipinski definition) is 3. The van der Waals surface area contributed by atoms with E-state index in [1.54, 1.807) is 0 Å². The monoisotopic (exact) mass is 337 g/mol. The molecule has 0 N–H and O–H groups in total. The van der Waals surface area contributed by atoms with Crippen LogP contribution in [0.3, 0.4) is 0 Å². The molecule has 1 aromatic carbocycles. The maximum absolute atomic E-state index is 13.1. The summed E-state index contributed by atoms with van der Waals surface area (Å²) in [6, 6.07) is 10.1. The molecule has 132 valence electrons. The molecule has 0 bridgehead atoms. The van der Waals surface area contributed by atoms with Gasteiger partial charge in [0.2, 0.25) is 5.91 Å². The van der Waals surface area contributed by atoms with Crippen molar-refractivity contribution in [1.29, 1.82) is 5.26 Å². The van der Waals surface area contributed by atoms with E-state index < -0.39 is 0 Å². The number of piperidine rings is 2. The minimum Gasteiger partial charge on any atom is -0.342 e. The Bertz CT molecular complexity index is 681. The lowest BCUT2D eigenvalue weighted by Gasteiger charge is -2.46. The van der Waals surface area contributed by atoms with Crippen LogP contribution >= 0.6 is 0 Å². The van der Waals surface area contributed by atoms with Crippen LogP contribution in [0.5, 0.6) is 0 Å². The second kappa shape index (κ2) is 6.80. The Hall–Kier alpha value is -1.86.